The Hall–Kier alpha value is -2.38. The van der Waals surface area contributed by atoms with Crippen LogP contribution in [0.2, 0.25) is 5.02 Å². The first-order valence-corrected chi connectivity index (χ1v) is 9.29. The van der Waals surface area contributed by atoms with Crippen LogP contribution >= 0.6 is 23.4 Å². The molecule has 0 saturated carbocycles. The van der Waals surface area contributed by atoms with Crippen LogP contribution < -0.4 is 5.32 Å². The average molecular weight is 388 g/mol. The summed E-state index contributed by atoms with van der Waals surface area (Å²) in [4.78, 5) is 12.6. The van der Waals surface area contributed by atoms with Crippen molar-refractivity contribution in [3.8, 4) is 5.69 Å². The summed E-state index contributed by atoms with van der Waals surface area (Å²) in [5, 5.41) is 15.4. The number of thioether (sulfide) groups is 1. The second-order valence-electron chi connectivity index (χ2n) is 5.92. The molecule has 1 amide bonds. The van der Waals surface area contributed by atoms with Crippen molar-refractivity contribution in [3.63, 3.8) is 0 Å². The molecule has 0 aliphatic heterocycles. The maximum absolute atomic E-state index is 12.6. The lowest BCUT2D eigenvalue weighted by Crippen LogP contribution is -2.23. The molecular weight excluding hydrogens is 370 g/mol. The number of hydrogen-bond donors (Lipinski definition) is 1. The van der Waals surface area contributed by atoms with Crippen LogP contribution in [0.15, 0.2) is 47.6 Å². The van der Waals surface area contributed by atoms with E-state index < -0.39 is 0 Å². The molecule has 0 bridgehead atoms. The molecule has 2 aromatic carbocycles. The Morgan fingerprint density at radius 1 is 1.23 bits per heavy atom. The highest BCUT2D eigenvalue weighted by molar-refractivity contribution is 8.00. The Morgan fingerprint density at radius 2 is 2.04 bits per heavy atom. The molecule has 1 atom stereocenters. The summed E-state index contributed by atoms with van der Waals surface area (Å²) in [7, 11) is 0. The highest BCUT2D eigenvalue weighted by Gasteiger charge is 2.20. The fourth-order valence-corrected chi connectivity index (χ4v) is 3.33. The average Bonchev–Trinajstić information content (AvgIpc) is 3.06. The third-order valence-electron chi connectivity index (χ3n) is 3.80. The van der Waals surface area contributed by atoms with E-state index >= 15 is 0 Å². The van der Waals surface area contributed by atoms with Gasteiger partial charge in [-0.3, -0.25) is 4.79 Å². The van der Waals surface area contributed by atoms with Crippen LogP contribution in [0, 0.1) is 13.8 Å². The van der Waals surface area contributed by atoms with Gasteiger partial charge in [-0.25, -0.2) is 0 Å². The zero-order valence-electron chi connectivity index (χ0n) is 14.6. The Balaban J connectivity index is 1.74. The number of aryl methyl sites for hydroxylation is 2. The largest absolute Gasteiger partial charge is 0.325 e. The Bertz CT molecular complexity index is 943. The van der Waals surface area contributed by atoms with Crippen molar-refractivity contribution in [3.05, 3.63) is 58.6 Å². The van der Waals surface area contributed by atoms with Crippen molar-refractivity contribution in [1.29, 1.82) is 0 Å². The van der Waals surface area contributed by atoms with Crippen molar-refractivity contribution in [2.45, 2.75) is 31.2 Å². The predicted molar refractivity (Wildman–Crippen MR) is 104 cm³/mol. The van der Waals surface area contributed by atoms with E-state index in [1.807, 2.05) is 51.1 Å². The van der Waals surface area contributed by atoms with Crippen molar-refractivity contribution in [1.82, 2.24) is 20.2 Å². The normalized spacial score (nSPS) is 12.0. The van der Waals surface area contributed by atoms with Gasteiger partial charge in [0.05, 0.1) is 10.9 Å². The molecule has 26 heavy (non-hydrogen) atoms. The lowest BCUT2D eigenvalue weighted by atomic mass is 10.1. The molecule has 1 N–H and O–H groups in total. The molecule has 1 unspecified atom stereocenters. The number of benzene rings is 2. The molecule has 3 aromatic rings. The van der Waals surface area contributed by atoms with Gasteiger partial charge in [0.2, 0.25) is 11.1 Å². The Labute approximate surface area is 160 Å². The summed E-state index contributed by atoms with van der Waals surface area (Å²) in [6, 6.07) is 13.2. The molecule has 0 aliphatic rings. The van der Waals surface area contributed by atoms with E-state index in [0.29, 0.717) is 10.2 Å². The van der Waals surface area contributed by atoms with E-state index in [0.717, 1.165) is 22.5 Å². The number of amides is 1. The molecule has 6 nitrogen and oxygen atoms in total. The summed E-state index contributed by atoms with van der Waals surface area (Å²) in [5.41, 5.74) is 3.67. The second-order valence-corrected chi connectivity index (χ2v) is 7.67. The SMILES string of the molecule is Cc1ccc(C)c(NC(=O)C(C)Sc2nnnn2-c2cccc(Cl)c2)c1. The van der Waals surface area contributed by atoms with Crippen LogP contribution in [-0.2, 0) is 4.79 Å². The van der Waals surface area contributed by atoms with Gasteiger partial charge in [-0.15, -0.1) is 5.10 Å². The maximum Gasteiger partial charge on any atom is 0.237 e. The standard InChI is InChI=1S/C18H18ClN5OS/c1-11-7-8-12(2)16(9-11)20-17(25)13(3)26-18-21-22-23-24(18)15-6-4-5-14(19)10-15/h4-10,13H,1-3H3,(H,20,25). The van der Waals surface area contributed by atoms with E-state index in [4.69, 9.17) is 11.6 Å². The van der Waals surface area contributed by atoms with Gasteiger partial charge in [0.25, 0.3) is 0 Å². The summed E-state index contributed by atoms with van der Waals surface area (Å²) in [6.45, 7) is 5.78. The lowest BCUT2D eigenvalue weighted by molar-refractivity contribution is -0.115. The molecular formula is C18H18ClN5OS. The van der Waals surface area contributed by atoms with E-state index in [1.165, 1.54) is 11.8 Å². The second kappa shape index (κ2) is 7.88. The fourth-order valence-electron chi connectivity index (χ4n) is 2.34. The number of carbonyl (C=O) groups excluding carboxylic acids is 1. The number of hydrogen-bond acceptors (Lipinski definition) is 5. The number of tetrazole rings is 1. The predicted octanol–water partition coefficient (Wildman–Crippen LogP) is 4.05. The maximum atomic E-state index is 12.6. The van der Waals surface area contributed by atoms with Gasteiger partial charge in [0.15, 0.2) is 0 Å². The first-order valence-electron chi connectivity index (χ1n) is 8.03. The number of carbonyl (C=O) groups is 1. The number of rotatable bonds is 5. The summed E-state index contributed by atoms with van der Waals surface area (Å²) < 4.78 is 1.57. The summed E-state index contributed by atoms with van der Waals surface area (Å²) in [6.07, 6.45) is 0. The minimum Gasteiger partial charge on any atom is -0.325 e. The zero-order chi connectivity index (χ0) is 18.7. The Morgan fingerprint density at radius 3 is 2.81 bits per heavy atom. The van der Waals surface area contributed by atoms with Crippen LogP contribution in [-0.4, -0.2) is 31.4 Å². The zero-order valence-corrected chi connectivity index (χ0v) is 16.2. The van der Waals surface area contributed by atoms with E-state index in [-0.39, 0.29) is 11.2 Å². The van der Waals surface area contributed by atoms with Gasteiger partial charge < -0.3 is 5.32 Å². The molecule has 0 spiro atoms. The highest BCUT2D eigenvalue weighted by Crippen LogP contribution is 2.25. The summed E-state index contributed by atoms with van der Waals surface area (Å²) in [5.74, 6) is -0.107. The number of nitrogens with zero attached hydrogens (tertiary/aromatic N) is 4. The number of halogens is 1. The third kappa shape index (κ3) is 4.23. The molecule has 0 aliphatic carbocycles. The van der Waals surface area contributed by atoms with Crippen LogP contribution in [0.5, 0.6) is 0 Å². The molecule has 8 heteroatoms. The number of nitrogens with one attached hydrogen (secondary N) is 1. The fraction of sp³-hybridized carbons (Fsp3) is 0.222. The molecule has 0 fully saturated rings. The minimum absolute atomic E-state index is 0.107. The molecule has 1 heterocycles. The van der Waals surface area contributed by atoms with Gasteiger partial charge >= 0.3 is 0 Å². The van der Waals surface area contributed by atoms with Crippen LogP contribution in [0.3, 0.4) is 0 Å². The van der Waals surface area contributed by atoms with Gasteiger partial charge in [-0.1, -0.05) is 41.6 Å². The first-order chi connectivity index (χ1) is 12.4. The monoisotopic (exact) mass is 387 g/mol. The molecule has 134 valence electrons. The topological polar surface area (TPSA) is 72.7 Å². The molecule has 1 aromatic heterocycles. The van der Waals surface area contributed by atoms with E-state index in [1.54, 1.807) is 16.8 Å². The number of anilines is 1. The highest BCUT2D eigenvalue weighted by atomic mass is 35.5. The van der Waals surface area contributed by atoms with Crippen LogP contribution in [0.1, 0.15) is 18.1 Å². The van der Waals surface area contributed by atoms with Crippen LogP contribution in [0.4, 0.5) is 5.69 Å². The van der Waals surface area contributed by atoms with Gasteiger partial charge in [0.1, 0.15) is 0 Å². The molecule has 3 rings (SSSR count). The smallest absolute Gasteiger partial charge is 0.237 e. The third-order valence-corrected chi connectivity index (χ3v) is 5.06. The van der Waals surface area contributed by atoms with Gasteiger partial charge in [0, 0.05) is 10.7 Å². The van der Waals surface area contributed by atoms with Crippen LogP contribution in [0.25, 0.3) is 5.69 Å². The minimum atomic E-state index is -0.376. The molecule has 0 saturated heterocycles. The summed E-state index contributed by atoms with van der Waals surface area (Å²) >= 11 is 7.32. The van der Waals surface area contributed by atoms with Crippen molar-refractivity contribution in [2.24, 2.45) is 0 Å². The van der Waals surface area contributed by atoms with E-state index in [9.17, 15) is 4.79 Å². The molecule has 0 radical (unpaired) electrons. The first kappa shape index (κ1) is 18.4. The van der Waals surface area contributed by atoms with Crippen molar-refractivity contribution in [2.75, 3.05) is 5.32 Å². The van der Waals surface area contributed by atoms with Crippen molar-refractivity contribution >= 4 is 35.0 Å². The number of aromatic nitrogens is 4. The van der Waals surface area contributed by atoms with Gasteiger partial charge in [-0.05, 0) is 66.6 Å². The Kier molecular flexibility index (Phi) is 5.58. The lowest BCUT2D eigenvalue weighted by Gasteiger charge is -2.14. The van der Waals surface area contributed by atoms with E-state index in [2.05, 4.69) is 20.8 Å². The quantitative estimate of drug-likeness (QED) is 0.668. The van der Waals surface area contributed by atoms with Crippen molar-refractivity contribution < 1.29 is 4.79 Å². The van der Waals surface area contributed by atoms with Gasteiger partial charge in [-0.2, -0.15) is 4.68 Å².